The monoisotopic (exact) mass is 469 g/mol. The van der Waals surface area contributed by atoms with E-state index in [-0.39, 0.29) is 19.7 Å². The van der Waals surface area contributed by atoms with Crippen LogP contribution < -0.4 is 0 Å². The highest BCUT2D eigenvalue weighted by atomic mass is 16.6. The maximum Gasteiger partial charge on any atom is 0.345 e. The summed E-state index contributed by atoms with van der Waals surface area (Å²) in [4.78, 5) is 36.8. The van der Waals surface area contributed by atoms with E-state index in [9.17, 15) is 24.7 Å². The number of methoxy groups -OCH3 is 1. The molecule has 5 atom stereocenters. The number of hydrogen-bond acceptors (Lipinski definition) is 9. The molecule has 2 aliphatic heterocycles. The van der Waals surface area contributed by atoms with Gasteiger partial charge in [0.15, 0.2) is 12.1 Å². The zero-order valence-corrected chi connectivity index (χ0v) is 20.4. The van der Waals surface area contributed by atoms with Crippen molar-refractivity contribution in [1.82, 2.24) is 0 Å². The van der Waals surface area contributed by atoms with Crippen molar-refractivity contribution in [2.45, 2.75) is 77.4 Å². The predicted octanol–water partition coefficient (Wildman–Crippen LogP) is 1.54. The van der Waals surface area contributed by atoms with Gasteiger partial charge in [-0.1, -0.05) is 6.08 Å². The van der Waals surface area contributed by atoms with Gasteiger partial charge in [0.2, 0.25) is 5.60 Å². The lowest BCUT2D eigenvalue weighted by Gasteiger charge is -2.42. The number of carbonyl (C=O) groups is 3. The minimum atomic E-state index is -2.32. The number of ether oxygens (including phenoxy) is 4. The van der Waals surface area contributed by atoms with Crippen molar-refractivity contribution in [1.29, 1.82) is 0 Å². The fourth-order valence-electron chi connectivity index (χ4n) is 4.47. The molecular formula is C23H35NO9. The number of hydrogen-bond donors (Lipinski definition) is 1. The highest BCUT2D eigenvalue weighted by Gasteiger charge is 2.58. The Kier molecular flexibility index (Phi) is 8.11. The molecule has 10 heteroatoms. The smallest absolute Gasteiger partial charge is 0.345 e. The van der Waals surface area contributed by atoms with E-state index in [1.165, 1.54) is 27.9 Å². The summed E-state index contributed by atoms with van der Waals surface area (Å²) in [5, 5.41) is 24.5. The van der Waals surface area contributed by atoms with Crippen LogP contribution in [0.25, 0.3) is 0 Å². The predicted molar refractivity (Wildman–Crippen MR) is 117 cm³/mol. The molecule has 2 rings (SSSR count). The first-order valence-corrected chi connectivity index (χ1v) is 11.0. The SMILES string of the molecule is C/C=C(/C)C(=O)O[C@H]1CC[N+]2([O-])CC=C(COC(=O)C(O)(C(C)OC)C(C)(C)OC(C)=O)[C@H]12. The van der Waals surface area contributed by atoms with E-state index in [1.54, 1.807) is 26.0 Å². The Morgan fingerprint density at radius 3 is 2.52 bits per heavy atom. The quantitative estimate of drug-likeness (QED) is 0.133. The number of nitrogens with zero attached hydrogens (tertiary/aromatic N) is 1. The molecule has 0 saturated carbocycles. The largest absolute Gasteiger partial charge is 0.632 e. The Hall–Kier alpha value is -2.27. The Balaban J connectivity index is 2.20. The third kappa shape index (κ3) is 5.13. The van der Waals surface area contributed by atoms with Gasteiger partial charge in [-0.15, -0.1) is 0 Å². The van der Waals surface area contributed by atoms with E-state index < -0.39 is 52.0 Å². The lowest BCUT2D eigenvalue weighted by Crippen LogP contribution is -2.65. The van der Waals surface area contributed by atoms with Gasteiger partial charge in [-0.3, -0.25) is 4.79 Å². The van der Waals surface area contributed by atoms with Crippen molar-refractivity contribution in [3.05, 3.63) is 28.5 Å². The van der Waals surface area contributed by atoms with Crippen LogP contribution >= 0.6 is 0 Å². The molecule has 0 aromatic rings. The van der Waals surface area contributed by atoms with E-state index in [0.29, 0.717) is 17.6 Å². The molecule has 186 valence electrons. The van der Waals surface area contributed by atoms with Crippen molar-refractivity contribution in [3.63, 3.8) is 0 Å². The number of aliphatic hydroxyl groups is 1. The molecule has 0 aromatic heterocycles. The van der Waals surface area contributed by atoms with Gasteiger partial charge in [0.25, 0.3) is 0 Å². The number of quaternary nitrogens is 1. The molecule has 1 saturated heterocycles. The summed E-state index contributed by atoms with van der Waals surface area (Å²) >= 11 is 0. The normalized spacial score (nSPS) is 27.8. The van der Waals surface area contributed by atoms with Crippen LogP contribution in [0.15, 0.2) is 23.3 Å². The van der Waals surface area contributed by atoms with Crippen molar-refractivity contribution >= 4 is 17.9 Å². The molecule has 0 aromatic carbocycles. The summed E-state index contributed by atoms with van der Waals surface area (Å²) in [5.74, 6) is -2.24. The summed E-state index contributed by atoms with van der Waals surface area (Å²) in [5.41, 5.74) is -3.03. The molecule has 1 fully saturated rings. The molecular weight excluding hydrogens is 434 g/mol. The Bertz CT molecular complexity index is 849. The Morgan fingerprint density at radius 1 is 1.33 bits per heavy atom. The molecule has 0 amide bonds. The first-order chi connectivity index (χ1) is 15.2. The van der Waals surface area contributed by atoms with Gasteiger partial charge in [-0.2, -0.15) is 0 Å². The van der Waals surface area contributed by atoms with E-state index in [2.05, 4.69) is 0 Å². The summed E-state index contributed by atoms with van der Waals surface area (Å²) in [6.45, 7) is 8.91. The van der Waals surface area contributed by atoms with E-state index in [4.69, 9.17) is 18.9 Å². The molecule has 1 N–H and O–H groups in total. The summed E-state index contributed by atoms with van der Waals surface area (Å²) < 4.78 is 20.8. The maximum atomic E-state index is 13.2. The topological polar surface area (TPSA) is 131 Å². The molecule has 0 radical (unpaired) electrons. The number of fused-ring (bicyclic) bond motifs is 1. The molecule has 0 spiro atoms. The minimum Gasteiger partial charge on any atom is -0.632 e. The molecule has 2 aliphatic rings. The van der Waals surface area contributed by atoms with Crippen LogP contribution in [0.1, 0.15) is 48.0 Å². The van der Waals surface area contributed by atoms with Crippen LogP contribution in [0.4, 0.5) is 0 Å². The Labute approximate surface area is 194 Å². The first-order valence-electron chi connectivity index (χ1n) is 11.0. The van der Waals surface area contributed by atoms with Gasteiger partial charge >= 0.3 is 17.9 Å². The molecule has 3 unspecified atom stereocenters. The van der Waals surface area contributed by atoms with Crippen LogP contribution in [0.5, 0.6) is 0 Å². The summed E-state index contributed by atoms with van der Waals surface area (Å²) in [6, 6.07) is -0.694. The number of esters is 3. The van der Waals surface area contributed by atoms with Crippen molar-refractivity contribution < 1.29 is 43.1 Å². The van der Waals surface area contributed by atoms with Crippen molar-refractivity contribution in [2.75, 3.05) is 26.8 Å². The molecule has 33 heavy (non-hydrogen) atoms. The number of carbonyl (C=O) groups excluding carboxylic acids is 3. The fraction of sp³-hybridized carbons (Fsp3) is 0.696. The van der Waals surface area contributed by atoms with E-state index >= 15 is 0 Å². The average Bonchev–Trinajstić information content (AvgIpc) is 3.24. The average molecular weight is 470 g/mol. The third-order valence-corrected chi connectivity index (χ3v) is 6.65. The summed E-state index contributed by atoms with van der Waals surface area (Å²) in [6.07, 6.45) is 1.99. The van der Waals surface area contributed by atoms with Crippen molar-refractivity contribution in [3.8, 4) is 0 Å². The van der Waals surface area contributed by atoms with Gasteiger partial charge < -0.3 is 33.9 Å². The van der Waals surface area contributed by atoms with Gasteiger partial charge in [0, 0.05) is 31.6 Å². The van der Waals surface area contributed by atoms with E-state index in [0.717, 1.165) is 6.92 Å². The van der Waals surface area contributed by atoms with Crippen LogP contribution in [0.3, 0.4) is 0 Å². The highest BCUT2D eigenvalue weighted by Crippen LogP contribution is 2.39. The third-order valence-electron chi connectivity index (χ3n) is 6.65. The Morgan fingerprint density at radius 2 is 1.97 bits per heavy atom. The number of hydroxylamine groups is 3. The molecule has 2 heterocycles. The second kappa shape index (κ2) is 9.92. The van der Waals surface area contributed by atoms with Crippen LogP contribution in [-0.2, 0) is 33.3 Å². The first kappa shape index (κ1) is 27.0. The van der Waals surface area contributed by atoms with Gasteiger partial charge in [-0.05, 0) is 40.7 Å². The van der Waals surface area contributed by atoms with Crippen LogP contribution in [0.2, 0.25) is 0 Å². The highest BCUT2D eigenvalue weighted by molar-refractivity contribution is 5.87. The van der Waals surface area contributed by atoms with Gasteiger partial charge in [0.05, 0.1) is 19.2 Å². The zero-order valence-electron chi connectivity index (χ0n) is 20.4. The van der Waals surface area contributed by atoms with Crippen LogP contribution in [0, 0.1) is 5.21 Å². The second-order valence-electron chi connectivity index (χ2n) is 9.11. The number of allylic oxidation sites excluding steroid dienone is 1. The minimum absolute atomic E-state index is 0.173. The van der Waals surface area contributed by atoms with Gasteiger partial charge in [-0.25, -0.2) is 9.59 Å². The van der Waals surface area contributed by atoms with E-state index in [1.807, 2.05) is 0 Å². The fourth-order valence-corrected chi connectivity index (χ4v) is 4.47. The van der Waals surface area contributed by atoms with Crippen LogP contribution in [-0.4, -0.2) is 83.9 Å². The second-order valence-corrected chi connectivity index (χ2v) is 9.11. The van der Waals surface area contributed by atoms with Gasteiger partial charge in [0.1, 0.15) is 12.2 Å². The molecule has 0 bridgehead atoms. The van der Waals surface area contributed by atoms with Crippen molar-refractivity contribution in [2.24, 2.45) is 0 Å². The molecule has 0 aliphatic carbocycles. The lowest BCUT2D eigenvalue weighted by molar-refractivity contribution is -0.877. The lowest BCUT2D eigenvalue weighted by atomic mass is 9.81. The number of rotatable bonds is 9. The standard InChI is InChI=1S/C23H35NO9/c1-8-14(2)20(26)32-18-10-12-24(29)11-9-17(19(18)24)13-31-21(27)23(28,15(3)30-7)22(5,6)33-16(4)25/h8-9,15,18-19,28H,10-13H2,1-7H3/b14-8-/t15?,18-,19+,23?,24?/m0/s1. The molecule has 10 nitrogen and oxygen atoms in total. The summed E-state index contributed by atoms with van der Waals surface area (Å²) in [7, 11) is 1.31. The maximum absolute atomic E-state index is 13.2. The zero-order chi connectivity index (χ0) is 25.2.